The number of ether oxygens (including phenoxy) is 3. The van der Waals surface area contributed by atoms with Crippen molar-refractivity contribution < 1.29 is 28.6 Å². The number of esters is 3. The molecule has 23 heavy (non-hydrogen) atoms. The first-order chi connectivity index (χ1) is 10.8. The number of carbonyl (C=O) groups is 3. The zero-order valence-corrected chi connectivity index (χ0v) is 14.5. The van der Waals surface area contributed by atoms with Crippen molar-refractivity contribution in [3.8, 4) is 0 Å². The topological polar surface area (TPSA) is 78.9 Å². The Kier molecular flexibility index (Phi) is 11.8. The zero-order valence-electron chi connectivity index (χ0n) is 13.7. The van der Waals surface area contributed by atoms with Crippen molar-refractivity contribution in [2.45, 2.75) is 26.7 Å². The zero-order chi connectivity index (χ0) is 17.7. The lowest BCUT2D eigenvalue weighted by molar-refractivity contribution is -0.152. The van der Waals surface area contributed by atoms with E-state index in [4.69, 9.17) is 14.2 Å². The molecule has 0 rings (SSSR count). The Morgan fingerprint density at radius 1 is 0.870 bits per heavy atom. The average Bonchev–Trinajstić information content (AvgIpc) is 2.48. The molecule has 0 aliphatic heterocycles. The van der Waals surface area contributed by atoms with Crippen LogP contribution in [0.3, 0.4) is 0 Å². The molecule has 0 aromatic heterocycles. The molecule has 0 spiro atoms. The molecule has 0 aromatic rings. The van der Waals surface area contributed by atoms with Crippen molar-refractivity contribution in [1.29, 1.82) is 0 Å². The molecule has 0 aliphatic carbocycles. The van der Waals surface area contributed by atoms with E-state index in [-0.39, 0.29) is 31.6 Å². The van der Waals surface area contributed by atoms with Crippen LogP contribution in [0.1, 0.15) is 26.7 Å². The summed E-state index contributed by atoms with van der Waals surface area (Å²) >= 11 is 1.63. The molecule has 0 aromatic carbocycles. The standard InChI is InChI=1S/C16H24O6S/c1-12(2)11-23-10-9-21-15(18)6-5-14(17)20-7-8-22-16(19)13(3)4/h1,3,5-11H2,2,4H3. The van der Waals surface area contributed by atoms with Crippen LogP contribution in [0, 0.1) is 0 Å². The van der Waals surface area contributed by atoms with Gasteiger partial charge in [0, 0.05) is 17.1 Å². The first kappa shape index (κ1) is 21.2. The summed E-state index contributed by atoms with van der Waals surface area (Å²) in [7, 11) is 0. The summed E-state index contributed by atoms with van der Waals surface area (Å²) < 4.78 is 14.6. The van der Waals surface area contributed by atoms with Gasteiger partial charge in [0.25, 0.3) is 0 Å². The molecule has 7 heteroatoms. The van der Waals surface area contributed by atoms with Gasteiger partial charge in [-0.2, -0.15) is 11.8 Å². The molecule has 130 valence electrons. The summed E-state index contributed by atoms with van der Waals surface area (Å²) in [6, 6.07) is 0. The minimum absolute atomic E-state index is 0.0322. The molecule has 6 nitrogen and oxygen atoms in total. The fourth-order valence-electron chi connectivity index (χ4n) is 1.22. The van der Waals surface area contributed by atoms with E-state index >= 15 is 0 Å². The highest BCUT2D eigenvalue weighted by Gasteiger charge is 2.10. The van der Waals surface area contributed by atoms with Gasteiger partial charge in [0.15, 0.2) is 0 Å². The van der Waals surface area contributed by atoms with Gasteiger partial charge in [-0.15, -0.1) is 0 Å². The number of thioether (sulfide) groups is 1. The van der Waals surface area contributed by atoms with Crippen molar-refractivity contribution in [3.05, 3.63) is 24.3 Å². The molecular formula is C16H24O6S. The highest BCUT2D eigenvalue weighted by atomic mass is 32.2. The first-order valence-electron chi connectivity index (χ1n) is 7.19. The SMILES string of the molecule is C=C(C)CSCCOC(=O)CCC(=O)OCCOC(=O)C(=C)C. The largest absolute Gasteiger partial charge is 0.465 e. The van der Waals surface area contributed by atoms with Gasteiger partial charge < -0.3 is 14.2 Å². The Morgan fingerprint density at radius 2 is 1.39 bits per heavy atom. The van der Waals surface area contributed by atoms with E-state index in [2.05, 4.69) is 13.2 Å². The Balaban J connectivity index is 3.57. The molecule has 0 atom stereocenters. The third-order valence-electron chi connectivity index (χ3n) is 2.30. The average molecular weight is 344 g/mol. The van der Waals surface area contributed by atoms with Gasteiger partial charge in [0.05, 0.1) is 12.8 Å². The summed E-state index contributed by atoms with van der Waals surface area (Å²) in [5, 5.41) is 0. The normalized spacial score (nSPS) is 9.83. The monoisotopic (exact) mass is 344 g/mol. The first-order valence-corrected chi connectivity index (χ1v) is 8.34. The fourth-order valence-corrected chi connectivity index (χ4v) is 1.92. The molecule has 0 heterocycles. The summed E-state index contributed by atoms with van der Waals surface area (Å²) in [6.45, 7) is 10.9. The van der Waals surface area contributed by atoms with Crippen molar-refractivity contribution in [2.75, 3.05) is 31.3 Å². The van der Waals surface area contributed by atoms with Crippen LogP contribution in [0.15, 0.2) is 24.3 Å². The van der Waals surface area contributed by atoms with Gasteiger partial charge in [-0.05, 0) is 13.8 Å². The van der Waals surface area contributed by atoms with E-state index in [1.54, 1.807) is 11.8 Å². The van der Waals surface area contributed by atoms with Crippen molar-refractivity contribution in [1.82, 2.24) is 0 Å². The second kappa shape index (κ2) is 12.8. The van der Waals surface area contributed by atoms with Gasteiger partial charge in [0.1, 0.15) is 19.8 Å². The molecule has 0 saturated carbocycles. The van der Waals surface area contributed by atoms with Crippen LogP contribution in [0.4, 0.5) is 0 Å². The second-order valence-corrected chi connectivity index (χ2v) is 5.97. The maximum Gasteiger partial charge on any atom is 0.333 e. The molecule has 0 fully saturated rings. The van der Waals surface area contributed by atoms with Gasteiger partial charge in [-0.3, -0.25) is 9.59 Å². The van der Waals surface area contributed by atoms with Gasteiger partial charge in [0.2, 0.25) is 0 Å². The maximum atomic E-state index is 11.4. The molecule has 0 saturated heterocycles. The third-order valence-corrected chi connectivity index (χ3v) is 3.45. The van der Waals surface area contributed by atoms with Crippen LogP contribution >= 0.6 is 11.8 Å². The molecular weight excluding hydrogens is 320 g/mol. The highest BCUT2D eigenvalue weighted by Crippen LogP contribution is 2.05. The smallest absolute Gasteiger partial charge is 0.333 e. The Labute approximate surface area is 141 Å². The lowest BCUT2D eigenvalue weighted by atomic mass is 10.3. The van der Waals surface area contributed by atoms with E-state index in [1.807, 2.05) is 6.92 Å². The minimum Gasteiger partial charge on any atom is -0.465 e. The van der Waals surface area contributed by atoms with Crippen LogP contribution in [-0.2, 0) is 28.6 Å². The summed E-state index contributed by atoms with van der Waals surface area (Å²) in [6.07, 6.45) is -0.0955. The van der Waals surface area contributed by atoms with E-state index in [1.165, 1.54) is 6.92 Å². The number of hydrogen-bond donors (Lipinski definition) is 0. The molecule has 0 N–H and O–H groups in total. The quantitative estimate of drug-likeness (QED) is 0.177. The number of carbonyl (C=O) groups excluding carboxylic acids is 3. The highest BCUT2D eigenvalue weighted by molar-refractivity contribution is 7.99. The number of hydrogen-bond acceptors (Lipinski definition) is 7. The minimum atomic E-state index is -0.537. The van der Waals surface area contributed by atoms with Crippen molar-refractivity contribution in [2.24, 2.45) is 0 Å². The molecule has 0 aliphatic rings. The maximum absolute atomic E-state index is 11.4. The Morgan fingerprint density at radius 3 is 1.91 bits per heavy atom. The third kappa shape index (κ3) is 13.6. The lowest BCUT2D eigenvalue weighted by Crippen LogP contribution is -2.15. The van der Waals surface area contributed by atoms with Crippen LogP contribution in [0.5, 0.6) is 0 Å². The van der Waals surface area contributed by atoms with Gasteiger partial charge in [-0.25, -0.2) is 4.79 Å². The van der Waals surface area contributed by atoms with Crippen LogP contribution < -0.4 is 0 Å². The van der Waals surface area contributed by atoms with Crippen molar-refractivity contribution in [3.63, 3.8) is 0 Å². The molecule has 0 radical (unpaired) electrons. The van der Waals surface area contributed by atoms with E-state index in [0.29, 0.717) is 12.4 Å². The second-order valence-electron chi connectivity index (χ2n) is 4.87. The van der Waals surface area contributed by atoms with Gasteiger partial charge in [-0.1, -0.05) is 18.7 Å². The Hall–Kier alpha value is -1.76. The van der Waals surface area contributed by atoms with Crippen LogP contribution in [0.25, 0.3) is 0 Å². The van der Waals surface area contributed by atoms with Gasteiger partial charge >= 0.3 is 17.9 Å². The summed E-state index contributed by atoms with van der Waals surface area (Å²) in [5.74, 6) is 0.0162. The van der Waals surface area contributed by atoms with E-state index in [0.717, 1.165) is 11.3 Å². The molecule has 0 unspecified atom stereocenters. The predicted molar refractivity (Wildman–Crippen MR) is 89.1 cm³/mol. The molecule has 0 amide bonds. The summed E-state index contributed by atoms with van der Waals surface area (Å²) in [5.41, 5.74) is 1.35. The van der Waals surface area contributed by atoms with Crippen LogP contribution in [0.2, 0.25) is 0 Å². The predicted octanol–water partition coefficient (Wildman–Crippen LogP) is 2.28. The van der Waals surface area contributed by atoms with E-state index in [9.17, 15) is 14.4 Å². The van der Waals surface area contributed by atoms with Crippen LogP contribution in [-0.4, -0.2) is 49.2 Å². The lowest BCUT2D eigenvalue weighted by Gasteiger charge is -2.07. The Bertz CT molecular complexity index is 444. The fraction of sp³-hybridized carbons (Fsp3) is 0.562. The number of rotatable bonds is 12. The molecule has 0 bridgehead atoms. The summed E-state index contributed by atoms with van der Waals surface area (Å²) in [4.78, 5) is 33.8. The van der Waals surface area contributed by atoms with Crippen molar-refractivity contribution >= 4 is 29.7 Å². The van der Waals surface area contributed by atoms with E-state index < -0.39 is 17.9 Å².